The maximum absolute atomic E-state index is 15.0. The number of benzene rings is 2. The first-order valence-corrected chi connectivity index (χ1v) is 31.3. The van der Waals surface area contributed by atoms with Crippen LogP contribution in [-0.2, 0) is 84.5 Å². The normalized spacial score (nSPS) is 22.9. The number of nitrogens with one attached hydrogen (secondary N) is 11. The van der Waals surface area contributed by atoms with E-state index in [1.807, 2.05) is 0 Å². The van der Waals surface area contributed by atoms with E-state index in [0.29, 0.717) is 28.5 Å². The number of fused-ring (bicyclic) bond motifs is 2. The number of imide groups is 1. The standard InChI is InChI=1S/C58H78N14O17S2/c1-6-10-38-52(83)62-27-48(79)67-40(29-91(89)55-30(2)36-11-7-8-12-37(36)69-55)53(84)68-39(56(86)71-19-9-13-41(71)57(87)70(5)42(21-35(74)28-73)54(85)64-31(3)50(81)61-26-47(78)66-38)22-45(76)59-24-33-14-16-34(17-15-33)65-51(82)32(4)63-46(77)25-60-44(75)18-20-72-49(80)23-43(90)58(72)88/h7-8,11-12,14-17,31-32,35,38-43,69,73-74,90H,6,9-10,13,18-29H2,1-5H3,(H,59,76)(H,60,75)(H,61,81)(H,62,83)(H,63,77)(H,64,85)(H,65,82)(H,66,78)(H,67,79)(H,68,84)/t31-,32-,35+,38?,39-,40-,41-,42?,43?,91?/m0/s1. The van der Waals surface area contributed by atoms with Crippen molar-refractivity contribution in [2.24, 2.45) is 0 Å². The summed E-state index contributed by atoms with van der Waals surface area (Å²) in [7, 11) is -0.888. The van der Waals surface area contributed by atoms with Crippen LogP contribution in [0.5, 0.6) is 0 Å². The minimum Gasteiger partial charge on any atom is -0.394 e. The molecule has 1 aromatic heterocycles. The number of nitrogens with zero attached hydrogens (tertiary/aromatic N) is 3. The van der Waals surface area contributed by atoms with Gasteiger partial charge in [-0.25, -0.2) is 0 Å². The third-order valence-electron chi connectivity index (χ3n) is 15.3. The highest BCUT2D eigenvalue weighted by Gasteiger charge is 2.43. The van der Waals surface area contributed by atoms with E-state index in [-0.39, 0.29) is 62.5 Å². The lowest BCUT2D eigenvalue weighted by Gasteiger charge is -2.35. The van der Waals surface area contributed by atoms with Gasteiger partial charge in [-0.05, 0) is 69.4 Å². The van der Waals surface area contributed by atoms with Gasteiger partial charge in [0.15, 0.2) is 0 Å². The fourth-order valence-corrected chi connectivity index (χ4v) is 11.9. The van der Waals surface area contributed by atoms with E-state index in [1.165, 1.54) is 45.2 Å². The highest BCUT2D eigenvalue weighted by Crippen LogP contribution is 2.26. The molecule has 14 amide bonds. The van der Waals surface area contributed by atoms with Crippen LogP contribution >= 0.6 is 12.6 Å². The van der Waals surface area contributed by atoms with Crippen molar-refractivity contribution in [3.63, 3.8) is 0 Å². The van der Waals surface area contributed by atoms with E-state index in [4.69, 9.17) is 0 Å². The lowest BCUT2D eigenvalue weighted by atomic mass is 10.0. The summed E-state index contributed by atoms with van der Waals surface area (Å²) in [6.07, 6.45) is -2.59. The van der Waals surface area contributed by atoms with Crippen LogP contribution < -0.4 is 53.2 Å². The maximum atomic E-state index is 15.0. The summed E-state index contributed by atoms with van der Waals surface area (Å²) in [6.45, 7) is 2.83. The van der Waals surface area contributed by atoms with Crippen LogP contribution in [0.25, 0.3) is 10.9 Å². The predicted octanol–water partition coefficient (Wildman–Crippen LogP) is -4.14. The molecule has 494 valence electrons. The van der Waals surface area contributed by atoms with E-state index in [9.17, 15) is 76.8 Å². The van der Waals surface area contributed by atoms with Gasteiger partial charge in [0.2, 0.25) is 82.7 Å². The number of likely N-dealkylation sites (N-methyl/N-ethyl adjacent to an activating group) is 1. The topological polar surface area (TPSA) is 442 Å². The molecule has 91 heavy (non-hydrogen) atoms. The molecule has 3 fully saturated rings. The van der Waals surface area contributed by atoms with Gasteiger partial charge in [-0.3, -0.25) is 76.2 Å². The first kappa shape index (κ1) is 71.3. The molecule has 4 unspecified atom stereocenters. The summed E-state index contributed by atoms with van der Waals surface area (Å²) >= 11 is 4.04. The van der Waals surface area contributed by atoms with Gasteiger partial charge in [0.25, 0.3) is 0 Å². The third-order valence-corrected chi connectivity index (χ3v) is 17.2. The number of carbonyl (C=O) groups excluding carboxylic acids is 14. The number of aliphatic hydroxyl groups is 2. The summed E-state index contributed by atoms with van der Waals surface area (Å²) in [6, 6.07) is 2.94. The van der Waals surface area contributed by atoms with Crippen LogP contribution in [0.2, 0.25) is 0 Å². The molecule has 0 aliphatic carbocycles. The molecule has 31 nitrogen and oxygen atoms in total. The Morgan fingerprint density at radius 3 is 2.11 bits per heavy atom. The van der Waals surface area contributed by atoms with Gasteiger partial charge < -0.3 is 78.2 Å². The first-order chi connectivity index (χ1) is 43.2. The predicted molar refractivity (Wildman–Crippen MR) is 329 cm³/mol. The zero-order valence-electron chi connectivity index (χ0n) is 50.8. The molecule has 0 radical (unpaired) electrons. The number of aliphatic hydroxyl groups excluding tert-OH is 2. The molecular formula is C58H78N14O17S2. The third kappa shape index (κ3) is 19.8. The average Bonchev–Trinajstić information content (AvgIpc) is 1.77. The molecule has 3 aromatic rings. The summed E-state index contributed by atoms with van der Waals surface area (Å²) in [5, 5.41) is 45.4. The average molecular weight is 1310 g/mol. The molecule has 13 N–H and O–H groups in total. The van der Waals surface area contributed by atoms with Crippen molar-refractivity contribution in [1.29, 1.82) is 0 Å². The van der Waals surface area contributed by atoms with Crippen molar-refractivity contribution in [3.05, 3.63) is 59.7 Å². The Hall–Kier alpha value is -8.82. The Bertz CT molecular complexity index is 3290. The second kappa shape index (κ2) is 33.3. The fraction of sp³-hybridized carbons (Fsp3) is 0.517. The van der Waals surface area contributed by atoms with Crippen LogP contribution in [0.1, 0.15) is 83.3 Å². The summed E-state index contributed by atoms with van der Waals surface area (Å²) in [4.78, 5) is 194. The number of anilines is 1. The van der Waals surface area contributed by atoms with Gasteiger partial charge in [0, 0.05) is 62.5 Å². The van der Waals surface area contributed by atoms with Crippen LogP contribution in [0.15, 0.2) is 53.6 Å². The maximum Gasteiger partial charge on any atom is 0.246 e. The number of H-pyrrole nitrogens is 1. The lowest BCUT2D eigenvalue weighted by molar-refractivity contribution is -0.149. The number of thiol groups is 1. The molecule has 2 aromatic carbocycles. The van der Waals surface area contributed by atoms with Crippen LogP contribution in [0.3, 0.4) is 0 Å². The summed E-state index contributed by atoms with van der Waals surface area (Å²) < 4.78 is 14.3. The van der Waals surface area contributed by atoms with E-state index in [0.717, 1.165) is 14.7 Å². The highest BCUT2D eigenvalue weighted by molar-refractivity contribution is 7.85. The Morgan fingerprint density at radius 2 is 1.46 bits per heavy atom. The number of aryl methyl sites for hydroxylation is 1. The van der Waals surface area contributed by atoms with Gasteiger partial charge in [-0.2, -0.15) is 12.6 Å². The van der Waals surface area contributed by atoms with Crippen molar-refractivity contribution in [2.45, 2.75) is 144 Å². The second-order valence-electron chi connectivity index (χ2n) is 22.2. The van der Waals surface area contributed by atoms with Gasteiger partial charge >= 0.3 is 0 Å². The molecule has 6 rings (SSSR count). The van der Waals surface area contributed by atoms with Crippen molar-refractivity contribution in [2.75, 3.05) is 57.4 Å². The Morgan fingerprint density at radius 1 is 0.791 bits per heavy atom. The smallest absolute Gasteiger partial charge is 0.246 e. The number of carbonyl (C=O) groups is 14. The monoisotopic (exact) mass is 1310 g/mol. The number of likely N-dealkylation sites (tertiary alicyclic amines) is 1. The van der Waals surface area contributed by atoms with Crippen molar-refractivity contribution < 1.29 is 81.5 Å². The number of hydrogen-bond acceptors (Lipinski definition) is 18. The molecular weight excluding hydrogens is 1230 g/mol. The molecule has 4 heterocycles. The second-order valence-corrected chi connectivity index (χ2v) is 24.3. The van der Waals surface area contributed by atoms with Gasteiger partial charge in [0.1, 0.15) is 47.3 Å². The Balaban J connectivity index is 1.21. The van der Waals surface area contributed by atoms with E-state index >= 15 is 4.79 Å². The van der Waals surface area contributed by atoms with E-state index < -0.39 is 192 Å². The molecule has 0 bridgehead atoms. The minimum absolute atomic E-state index is 0.00356. The van der Waals surface area contributed by atoms with E-state index in [1.54, 1.807) is 38.1 Å². The Labute approximate surface area is 531 Å². The van der Waals surface area contributed by atoms with Crippen LogP contribution in [0, 0.1) is 6.92 Å². The summed E-state index contributed by atoms with van der Waals surface area (Å²) in [5.74, 6) is -11.8. The zero-order valence-corrected chi connectivity index (χ0v) is 52.6. The fourth-order valence-electron chi connectivity index (χ4n) is 10.2. The van der Waals surface area contributed by atoms with Crippen molar-refractivity contribution >= 4 is 123 Å². The number of amides is 14. The molecule has 0 spiro atoms. The molecule has 33 heteroatoms. The quantitative estimate of drug-likeness (QED) is 0.0377. The molecule has 0 saturated carbocycles. The molecule has 3 saturated heterocycles. The number of aromatic nitrogens is 1. The number of rotatable bonds is 20. The van der Waals surface area contributed by atoms with Gasteiger partial charge in [-0.1, -0.05) is 43.7 Å². The molecule has 3 aliphatic rings. The number of aromatic amines is 1. The first-order valence-electron chi connectivity index (χ1n) is 29.5. The molecule has 3 aliphatic heterocycles. The van der Waals surface area contributed by atoms with Crippen LogP contribution in [-0.4, -0.2) is 223 Å². The van der Waals surface area contributed by atoms with Crippen molar-refractivity contribution in [1.82, 2.24) is 67.5 Å². The van der Waals surface area contributed by atoms with E-state index in [2.05, 4.69) is 70.8 Å². The highest BCUT2D eigenvalue weighted by atomic mass is 32.2. The summed E-state index contributed by atoms with van der Waals surface area (Å²) in [5.41, 5.74) is 1.93. The zero-order chi connectivity index (χ0) is 66.8. The van der Waals surface area contributed by atoms with Crippen LogP contribution in [0.4, 0.5) is 5.69 Å². The minimum atomic E-state index is -2.09. The number of para-hydroxylation sites is 1. The largest absolute Gasteiger partial charge is 0.394 e. The number of hydrogen-bond donors (Lipinski definition) is 14. The Kier molecular flexibility index (Phi) is 26.1. The van der Waals surface area contributed by atoms with Gasteiger partial charge in [-0.15, -0.1) is 0 Å². The SMILES string of the molecule is CCCC1NC(=O)CNC(=O)[C@H](C)NC(=O)C(C[C@@H](O)CO)N(C)C(=O)[C@@H]2CCCN2C(=O)[C@H](CC(=O)NCc2ccc(NC(=O)[C@H](C)NC(=O)CNC(=O)CCN3C(=O)CC(S)C3=O)cc2)NC(=O)[C@H](CS(=O)c2[nH]c3ccccc3c2C)NC(=O)CNC1=O. The van der Waals surface area contributed by atoms with Gasteiger partial charge in [0.05, 0.1) is 60.6 Å². The van der Waals surface area contributed by atoms with Crippen molar-refractivity contribution in [3.8, 4) is 0 Å². The molecule has 10 atom stereocenters. The lowest BCUT2D eigenvalue weighted by Crippen LogP contribution is -2.60.